The highest BCUT2D eigenvalue weighted by Gasteiger charge is 2.32. The van der Waals surface area contributed by atoms with E-state index in [0.29, 0.717) is 28.7 Å². The molecule has 1 amide bonds. The Kier molecular flexibility index (Phi) is 7.57. The van der Waals surface area contributed by atoms with Crippen molar-refractivity contribution < 1.29 is 23.8 Å². The van der Waals surface area contributed by atoms with Gasteiger partial charge in [0.05, 0.1) is 35.9 Å². The molecule has 1 fully saturated rings. The van der Waals surface area contributed by atoms with E-state index < -0.39 is 5.82 Å². The number of carbonyl (C=O) groups is 2. The maximum atomic E-state index is 13.4. The first-order valence-corrected chi connectivity index (χ1v) is 11.6. The van der Waals surface area contributed by atoms with E-state index in [-0.39, 0.29) is 30.2 Å². The zero-order chi connectivity index (χ0) is 24.8. The molecule has 4 aromatic rings. The van der Waals surface area contributed by atoms with Gasteiger partial charge in [0.25, 0.3) is 12.4 Å². The topological polar surface area (TPSA) is 148 Å². The van der Waals surface area contributed by atoms with Crippen molar-refractivity contribution in [1.29, 1.82) is 0 Å². The molecule has 4 aromatic heterocycles. The number of carboxylic acid groups (broad SMARTS) is 1. The molecule has 0 spiro atoms. The van der Waals surface area contributed by atoms with Crippen molar-refractivity contribution >= 4 is 29.4 Å². The molecule has 0 atom stereocenters. The number of hydrogen-bond donors (Lipinski definition) is 3. The fourth-order valence-electron chi connectivity index (χ4n) is 3.57. The fourth-order valence-corrected chi connectivity index (χ4v) is 4.35. The second-order valence-corrected chi connectivity index (χ2v) is 8.38. The number of nitrogens with one attached hydrogen (secondary N) is 2. The smallest absolute Gasteiger partial charge is 0.290 e. The zero-order valence-corrected chi connectivity index (χ0v) is 19.4. The summed E-state index contributed by atoms with van der Waals surface area (Å²) in [5.74, 6) is -0.800. The molecule has 3 N–H and O–H groups in total. The van der Waals surface area contributed by atoms with Gasteiger partial charge in [0.1, 0.15) is 22.2 Å². The molecule has 1 saturated carbocycles. The Labute approximate surface area is 203 Å². The highest BCUT2D eigenvalue weighted by Crippen LogP contribution is 2.37. The number of hydrogen-bond acceptors (Lipinski definition) is 8. The fraction of sp³-hybridized carbons (Fsp3) is 0.273. The second kappa shape index (κ2) is 11.0. The molecule has 0 aliphatic heterocycles. The number of rotatable bonds is 7. The maximum absolute atomic E-state index is 13.4. The summed E-state index contributed by atoms with van der Waals surface area (Å²) in [4.78, 5) is 29.8. The lowest BCUT2D eigenvalue weighted by Gasteiger charge is -2.34. The molecule has 0 radical (unpaired) electrons. The van der Waals surface area contributed by atoms with Crippen LogP contribution in [0.1, 0.15) is 36.3 Å². The number of halogens is 1. The molecule has 0 saturated heterocycles. The van der Waals surface area contributed by atoms with E-state index in [2.05, 4.69) is 30.6 Å². The van der Waals surface area contributed by atoms with Crippen LogP contribution in [-0.2, 0) is 9.53 Å². The minimum Gasteiger partial charge on any atom is -0.483 e. The molecule has 13 heteroatoms. The van der Waals surface area contributed by atoms with E-state index in [0.717, 1.165) is 24.6 Å². The molecular formula is C22H22FN7O4S. The minimum absolute atomic E-state index is 0.170. The Morgan fingerprint density at radius 2 is 2.20 bits per heavy atom. The monoisotopic (exact) mass is 499 g/mol. The first kappa shape index (κ1) is 24.2. The molecule has 0 aromatic carbocycles. The van der Waals surface area contributed by atoms with Crippen LogP contribution < -0.4 is 5.32 Å². The van der Waals surface area contributed by atoms with Gasteiger partial charge >= 0.3 is 0 Å². The number of H-pyrrole nitrogens is 1. The Morgan fingerprint density at radius 3 is 2.86 bits per heavy atom. The average Bonchev–Trinajstić information content (AvgIpc) is 3.57. The van der Waals surface area contributed by atoms with E-state index >= 15 is 0 Å². The standard InChI is InChI=1S/C21H20FN7O2S.CH2O2/c1-2-31-15-5-14(6-15)29-10-17(19(28-29)16-4-3-13(22)9-23-16)26-20(30)18-11-32-21(27-18)12-7-24-25-8-12;2-1-3/h3-4,7-11,14-15H,2,5-6H2,1H3,(H,24,25)(H,26,30);1H,(H,2,3)/t14-,15-;. The van der Waals surface area contributed by atoms with Gasteiger partial charge in [-0.1, -0.05) is 0 Å². The summed E-state index contributed by atoms with van der Waals surface area (Å²) in [5, 5.41) is 23.5. The quantitative estimate of drug-likeness (QED) is 0.327. The highest BCUT2D eigenvalue weighted by molar-refractivity contribution is 7.13. The van der Waals surface area contributed by atoms with Gasteiger partial charge in [-0.05, 0) is 31.9 Å². The van der Waals surface area contributed by atoms with Gasteiger partial charge in [0, 0.05) is 29.9 Å². The minimum atomic E-state index is -0.438. The highest BCUT2D eigenvalue weighted by atomic mass is 32.1. The van der Waals surface area contributed by atoms with Crippen LogP contribution in [0.15, 0.2) is 42.3 Å². The Balaban J connectivity index is 0.000000917. The van der Waals surface area contributed by atoms with E-state index in [1.54, 1.807) is 30.0 Å². The molecule has 35 heavy (non-hydrogen) atoms. The number of nitrogens with zero attached hydrogens (tertiary/aromatic N) is 5. The number of aromatic nitrogens is 6. The van der Waals surface area contributed by atoms with Gasteiger partial charge in [-0.25, -0.2) is 9.37 Å². The lowest BCUT2D eigenvalue weighted by molar-refractivity contribution is -0.122. The molecule has 182 valence electrons. The van der Waals surface area contributed by atoms with Gasteiger partial charge in [-0.15, -0.1) is 11.3 Å². The van der Waals surface area contributed by atoms with E-state index in [1.807, 2.05) is 11.6 Å². The molecule has 0 bridgehead atoms. The van der Waals surface area contributed by atoms with Crippen molar-refractivity contribution in [3.63, 3.8) is 0 Å². The Bertz CT molecular complexity index is 1270. The predicted molar refractivity (Wildman–Crippen MR) is 125 cm³/mol. The van der Waals surface area contributed by atoms with Crippen molar-refractivity contribution in [2.45, 2.75) is 31.9 Å². The van der Waals surface area contributed by atoms with E-state index in [1.165, 1.54) is 17.4 Å². The summed E-state index contributed by atoms with van der Waals surface area (Å²) in [6.45, 7) is 2.40. The number of carbonyl (C=O) groups excluding carboxylic acids is 1. The van der Waals surface area contributed by atoms with Gasteiger partial charge in [-0.3, -0.25) is 24.4 Å². The summed E-state index contributed by atoms with van der Waals surface area (Å²) in [6, 6.07) is 3.03. The number of pyridine rings is 1. The molecule has 0 unspecified atom stereocenters. The lowest BCUT2D eigenvalue weighted by Crippen LogP contribution is -2.33. The number of amides is 1. The Morgan fingerprint density at radius 1 is 1.40 bits per heavy atom. The third kappa shape index (κ3) is 5.58. The number of anilines is 1. The van der Waals surface area contributed by atoms with Gasteiger partial charge in [-0.2, -0.15) is 10.2 Å². The maximum Gasteiger partial charge on any atom is 0.290 e. The summed E-state index contributed by atoms with van der Waals surface area (Å²) in [6.07, 6.45) is 8.20. The van der Waals surface area contributed by atoms with Gasteiger partial charge in [0.15, 0.2) is 0 Å². The van der Waals surface area contributed by atoms with Crippen molar-refractivity contribution in [3.05, 3.63) is 53.8 Å². The van der Waals surface area contributed by atoms with Gasteiger partial charge < -0.3 is 15.2 Å². The average molecular weight is 500 g/mol. The van der Waals surface area contributed by atoms with Crippen molar-refractivity contribution in [2.75, 3.05) is 11.9 Å². The SMILES string of the molecule is CCO[C@H]1C[C@H](n2cc(NC(=O)c3csc(-c4cn[nH]c4)n3)c(-c3ccc(F)cn3)n2)C1.O=CO. The normalized spacial score (nSPS) is 16.6. The predicted octanol–water partition coefficient (Wildman–Crippen LogP) is 3.62. The number of aromatic amines is 1. The van der Waals surface area contributed by atoms with Crippen LogP contribution in [-0.4, -0.2) is 60.1 Å². The van der Waals surface area contributed by atoms with Crippen LogP contribution in [0.4, 0.5) is 10.1 Å². The molecule has 1 aliphatic rings. The number of thiazole rings is 1. The first-order chi connectivity index (χ1) is 17.0. The van der Waals surface area contributed by atoms with E-state index in [4.69, 9.17) is 14.6 Å². The largest absolute Gasteiger partial charge is 0.483 e. The number of ether oxygens (including phenoxy) is 1. The van der Waals surface area contributed by atoms with Crippen LogP contribution in [0.3, 0.4) is 0 Å². The van der Waals surface area contributed by atoms with Crippen LogP contribution in [0.25, 0.3) is 22.0 Å². The Hall–Kier alpha value is -3.97. The molecule has 1 aliphatic carbocycles. The van der Waals surface area contributed by atoms with Crippen molar-refractivity contribution in [1.82, 2.24) is 29.9 Å². The molecule has 4 heterocycles. The third-order valence-electron chi connectivity index (χ3n) is 5.28. The molecule has 11 nitrogen and oxygen atoms in total. The lowest BCUT2D eigenvalue weighted by atomic mass is 9.89. The van der Waals surface area contributed by atoms with Crippen LogP contribution in [0.5, 0.6) is 0 Å². The van der Waals surface area contributed by atoms with Gasteiger partial charge in [0.2, 0.25) is 0 Å². The first-order valence-electron chi connectivity index (χ1n) is 10.7. The summed E-state index contributed by atoms with van der Waals surface area (Å²) < 4.78 is 20.8. The summed E-state index contributed by atoms with van der Waals surface area (Å²) >= 11 is 1.36. The van der Waals surface area contributed by atoms with Crippen LogP contribution in [0.2, 0.25) is 0 Å². The summed E-state index contributed by atoms with van der Waals surface area (Å²) in [7, 11) is 0. The zero-order valence-electron chi connectivity index (χ0n) is 18.6. The van der Waals surface area contributed by atoms with Crippen LogP contribution in [0, 0.1) is 5.82 Å². The van der Waals surface area contributed by atoms with Crippen molar-refractivity contribution in [3.8, 4) is 22.0 Å². The third-order valence-corrected chi connectivity index (χ3v) is 6.17. The van der Waals surface area contributed by atoms with E-state index in [9.17, 15) is 9.18 Å². The summed E-state index contributed by atoms with van der Waals surface area (Å²) in [5.41, 5.74) is 2.54. The second-order valence-electron chi connectivity index (χ2n) is 7.52. The van der Waals surface area contributed by atoms with Crippen molar-refractivity contribution in [2.24, 2.45) is 0 Å². The molecule has 5 rings (SSSR count). The van der Waals surface area contributed by atoms with Crippen LogP contribution >= 0.6 is 11.3 Å². The molecular weight excluding hydrogens is 477 g/mol.